The van der Waals surface area contributed by atoms with Crippen molar-refractivity contribution < 1.29 is 9.53 Å². The van der Waals surface area contributed by atoms with Crippen LogP contribution in [0.1, 0.15) is 29.4 Å². The van der Waals surface area contributed by atoms with Crippen LogP contribution in [0, 0.1) is 0 Å². The van der Waals surface area contributed by atoms with Gasteiger partial charge in [0.25, 0.3) is 5.91 Å². The number of rotatable bonds is 6. The minimum Gasteiger partial charge on any atom is -0.491 e. The smallest absolute Gasteiger partial charge is 0.255 e. The van der Waals surface area contributed by atoms with Crippen molar-refractivity contribution in [1.82, 2.24) is 4.98 Å². The van der Waals surface area contributed by atoms with E-state index in [-0.39, 0.29) is 12.5 Å². The number of nitrogens with two attached hydrogens (primary N) is 1. The van der Waals surface area contributed by atoms with Gasteiger partial charge in [-0.1, -0.05) is 18.5 Å². The SMILES string of the molecule is CCCOc1ccc(Cl)cc1NC(=O)c1ccnc(CN)c1. The van der Waals surface area contributed by atoms with Crippen LogP contribution in [0.3, 0.4) is 0 Å². The van der Waals surface area contributed by atoms with Gasteiger partial charge in [0.1, 0.15) is 5.75 Å². The van der Waals surface area contributed by atoms with Crippen LogP contribution < -0.4 is 15.8 Å². The number of hydrogen-bond acceptors (Lipinski definition) is 4. The topological polar surface area (TPSA) is 77.2 Å². The number of nitrogens with one attached hydrogen (secondary N) is 1. The number of ether oxygens (including phenoxy) is 1. The monoisotopic (exact) mass is 319 g/mol. The molecule has 116 valence electrons. The second-order valence-corrected chi connectivity index (χ2v) is 5.12. The van der Waals surface area contributed by atoms with E-state index in [1.165, 1.54) is 0 Å². The number of nitrogens with zero attached hydrogens (tertiary/aromatic N) is 1. The number of benzene rings is 1. The van der Waals surface area contributed by atoms with Gasteiger partial charge in [0.15, 0.2) is 0 Å². The van der Waals surface area contributed by atoms with Crippen molar-refractivity contribution >= 4 is 23.2 Å². The second kappa shape index (κ2) is 7.77. The van der Waals surface area contributed by atoms with Crippen molar-refractivity contribution in [3.63, 3.8) is 0 Å². The third-order valence-corrected chi connectivity index (χ3v) is 3.17. The molecule has 1 heterocycles. The number of carbonyl (C=O) groups is 1. The maximum atomic E-state index is 12.3. The van der Waals surface area contributed by atoms with Crippen molar-refractivity contribution in [2.75, 3.05) is 11.9 Å². The quantitative estimate of drug-likeness (QED) is 0.857. The zero-order valence-corrected chi connectivity index (χ0v) is 13.1. The summed E-state index contributed by atoms with van der Waals surface area (Å²) < 4.78 is 5.62. The molecule has 0 unspecified atom stereocenters. The summed E-state index contributed by atoms with van der Waals surface area (Å²) in [5.74, 6) is 0.327. The van der Waals surface area contributed by atoms with Crippen LogP contribution in [0.2, 0.25) is 5.02 Å². The van der Waals surface area contributed by atoms with Gasteiger partial charge in [0, 0.05) is 23.3 Å². The van der Waals surface area contributed by atoms with Gasteiger partial charge in [-0.05, 0) is 36.8 Å². The summed E-state index contributed by atoms with van der Waals surface area (Å²) in [5, 5.41) is 3.34. The lowest BCUT2D eigenvalue weighted by molar-refractivity contribution is 0.102. The van der Waals surface area contributed by atoms with Crippen LogP contribution >= 0.6 is 11.6 Å². The molecule has 0 spiro atoms. The van der Waals surface area contributed by atoms with E-state index in [9.17, 15) is 4.79 Å². The number of halogens is 1. The predicted molar refractivity (Wildman–Crippen MR) is 87.3 cm³/mol. The van der Waals surface area contributed by atoms with Crippen molar-refractivity contribution in [2.24, 2.45) is 5.73 Å². The van der Waals surface area contributed by atoms with Gasteiger partial charge in [-0.25, -0.2) is 0 Å². The highest BCUT2D eigenvalue weighted by molar-refractivity contribution is 6.31. The summed E-state index contributed by atoms with van der Waals surface area (Å²) in [4.78, 5) is 16.4. The Labute approximate surface area is 134 Å². The van der Waals surface area contributed by atoms with Crippen molar-refractivity contribution in [2.45, 2.75) is 19.9 Å². The van der Waals surface area contributed by atoms with Gasteiger partial charge < -0.3 is 15.8 Å². The first-order valence-electron chi connectivity index (χ1n) is 7.02. The Kier molecular flexibility index (Phi) is 5.75. The zero-order chi connectivity index (χ0) is 15.9. The van der Waals surface area contributed by atoms with E-state index >= 15 is 0 Å². The summed E-state index contributed by atoms with van der Waals surface area (Å²) in [6.07, 6.45) is 2.43. The molecule has 0 radical (unpaired) electrons. The first-order chi connectivity index (χ1) is 10.6. The highest BCUT2D eigenvalue weighted by Crippen LogP contribution is 2.28. The Morgan fingerprint density at radius 3 is 2.91 bits per heavy atom. The normalized spacial score (nSPS) is 10.3. The van der Waals surface area contributed by atoms with E-state index in [4.69, 9.17) is 22.1 Å². The van der Waals surface area contributed by atoms with Crippen LogP contribution in [0.5, 0.6) is 5.75 Å². The minimum atomic E-state index is -0.263. The molecular formula is C16H18ClN3O2. The van der Waals surface area contributed by atoms with Crippen molar-refractivity contribution in [3.05, 3.63) is 52.8 Å². The number of aromatic nitrogens is 1. The molecule has 1 amide bonds. The zero-order valence-electron chi connectivity index (χ0n) is 12.3. The third-order valence-electron chi connectivity index (χ3n) is 2.94. The van der Waals surface area contributed by atoms with Gasteiger partial charge in [-0.2, -0.15) is 0 Å². The highest BCUT2D eigenvalue weighted by Gasteiger charge is 2.11. The summed E-state index contributed by atoms with van der Waals surface area (Å²) >= 11 is 5.99. The Morgan fingerprint density at radius 1 is 1.36 bits per heavy atom. The molecule has 22 heavy (non-hydrogen) atoms. The number of pyridine rings is 1. The molecule has 0 aliphatic heterocycles. The van der Waals surface area contributed by atoms with Crippen LogP contribution in [0.15, 0.2) is 36.5 Å². The first-order valence-corrected chi connectivity index (χ1v) is 7.40. The number of hydrogen-bond donors (Lipinski definition) is 2. The molecule has 6 heteroatoms. The summed E-state index contributed by atoms with van der Waals surface area (Å²) in [7, 11) is 0. The predicted octanol–water partition coefficient (Wildman–Crippen LogP) is 3.23. The van der Waals surface area contributed by atoms with Crippen LogP contribution in [-0.2, 0) is 6.54 Å². The van der Waals surface area contributed by atoms with Crippen LogP contribution in [0.4, 0.5) is 5.69 Å². The largest absolute Gasteiger partial charge is 0.491 e. The van der Waals surface area contributed by atoms with E-state index in [1.54, 1.807) is 36.5 Å². The molecule has 2 aromatic rings. The standard InChI is InChI=1S/C16H18ClN3O2/c1-2-7-22-15-4-3-12(17)9-14(15)20-16(21)11-5-6-19-13(8-11)10-18/h3-6,8-9H,2,7,10,18H2,1H3,(H,20,21). The molecule has 5 nitrogen and oxygen atoms in total. The maximum absolute atomic E-state index is 12.3. The second-order valence-electron chi connectivity index (χ2n) is 4.68. The lowest BCUT2D eigenvalue weighted by Gasteiger charge is -2.12. The van der Waals surface area contributed by atoms with Gasteiger partial charge in [0.05, 0.1) is 18.0 Å². The van der Waals surface area contributed by atoms with E-state index in [0.29, 0.717) is 34.3 Å². The number of anilines is 1. The fourth-order valence-corrected chi connectivity index (χ4v) is 2.04. The van der Waals surface area contributed by atoms with Crippen LogP contribution in [0.25, 0.3) is 0 Å². The molecular weight excluding hydrogens is 302 g/mol. The molecule has 1 aromatic carbocycles. The van der Waals surface area contributed by atoms with E-state index in [1.807, 2.05) is 6.92 Å². The average molecular weight is 320 g/mol. The Morgan fingerprint density at radius 2 is 2.18 bits per heavy atom. The molecule has 0 aliphatic carbocycles. The van der Waals surface area contributed by atoms with Gasteiger partial charge >= 0.3 is 0 Å². The molecule has 0 aliphatic rings. The minimum absolute atomic E-state index is 0.263. The molecule has 3 N–H and O–H groups in total. The fourth-order valence-electron chi connectivity index (χ4n) is 1.86. The molecule has 0 saturated carbocycles. The van der Waals surface area contributed by atoms with E-state index < -0.39 is 0 Å². The average Bonchev–Trinajstić information content (AvgIpc) is 2.54. The highest BCUT2D eigenvalue weighted by atomic mass is 35.5. The Bertz CT molecular complexity index is 662. The Balaban J connectivity index is 2.21. The van der Waals surface area contributed by atoms with Crippen LogP contribution in [-0.4, -0.2) is 17.5 Å². The van der Waals surface area contributed by atoms with E-state index in [2.05, 4.69) is 10.3 Å². The lowest BCUT2D eigenvalue weighted by Crippen LogP contribution is -2.14. The van der Waals surface area contributed by atoms with Gasteiger partial charge in [-0.15, -0.1) is 0 Å². The maximum Gasteiger partial charge on any atom is 0.255 e. The molecule has 0 saturated heterocycles. The molecule has 1 aromatic heterocycles. The van der Waals surface area contributed by atoms with Gasteiger partial charge in [0.2, 0.25) is 0 Å². The number of carbonyl (C=O) groups excluding carboxylic acids is 1. The number of amides is 1. The molecule has 2 rings (SSSR count). The summed E-state index contributed by atoms with van der Waals surface area (Å²) in [6.45, 7) is 2.86. The summed E-state index contributed by atoms with van der Waals surface area (Å²) in [6, 6.07) is 8.42. The third kappa shape index (κ3) is 4.19. The molecule has 0 bridgehead atoms. The fraction of sp³-hybridized carbons (Fsp3) is 0.250. The first kappa shape index (κ1) is 16.3. The van der Waals surface area contributed by atoms with Gasteiger partial charge in [-0.3, -0.25) is 9.78 Å². The van der Waals surface area contributed by atoms with Crippen molar-refractivity contribution in [1.29, 1.82) is 0 Å². The molecule has 0 fully saturated rings. The summed E-state index contributed by atoms with van der Waals surface area (Å²) in [5.41, 5.74) is 7.21. The van der Waals surface area contributed by atoms with Crippen molar-refractivity contribution in [3.8, 4) is 5.75 Å². The lowest BCUT2D eigenvalue weighted by atomic mass is 10.2. The molecule has 0 atom stereocenters. The van der Waals surface area contributed by atoms with E-state index in [0.717, 1.165) is 6.42 Å². The Hall–Kier alpha value is -2.11.